The summed E-state index contributed by atoms with van der Waals surface area (Å²) in [5, 5.41) is 51.9. The molecule has 0 fully saturated rings. The summed E-state index contributed by atoms with van der Waals surface area (Å²) in [5.41, 5.74) is 11.9. The first-order valence-corrected chi connectivity index (χ1v) is 25.2. The van der Waals surface area contributed by atoms with Gasteiger partial charge in [-0.15, -0.1) is 0 Å². The molecular weight excluding hydrogens is 991 g/mol. The zero-order valence-corrected chi connectivity index (χ0v) is 43.9. The van der Waals surface area contributed by atoms with E-state index in [1.165, 1.54) is 38.1 Å². The van der Waals surface area contributed by atoms with Crippen LogP contribution in [0.3, 0.4) is 0 Å². The molecule has 0 aromatic heterocycles. The number of hydrogen-bond donors (Lipinski definition) is 14. The molecule has 2 rings (SSSR count). The van der Waals surface area contributed by atoms with Gasteiger partial charge in [0.25, 0.3) is 0 Å². The Balaban J connectivity index is 2.28. The van der Waals surface area contributed by atoms with Gasteiger partial charge in [-0.05, 0) is 80.7 Å². The largest absolute Gasteiger partial charge is 0.508 e. The zero-order chi connectivity index (χ0) is 57.1. The van der Waals surface area contributed by atoms with E-state index < -0.39 is 139 Å². The highest BCUT2D eigenvalue weighted by Gasteiger charge is 2.35. The predicted octanol–water partition coefficient (Wildman–Crippen LogP) is -2.22. The lowest BCUT2D eigenvalue weighted by Gasteiger charge is -2.29. The van der Waals surface area contributed by atoms with Gasteiger partial charge in [-0.3, -0.25) is 47.9 Å². The number of amides is 10. The minimum Gasteiger partial charge on any atom is -0.508 e. The SMILES string of the molecule is CC[C@H](C)[C@H](NC(=O)[C@H](CC(C)C)NC(C)=O)C(=O)N[C@@H](Cc1ccc(O)cc1)C(=O)N[C@@H](C)C(=O)N[C@@H](CCC(N)=O)C(=O)NCC(=O)N[C@@H](Cc1ccccc1)C(=O)N[C@@H](CO)C(=O)N[C@@H](CCCCN)C(=O)O. The summed E-state index contributed by atoms with van der Waals surface area (Å²) in [6.45, 7) is 8.35. The van der Waals surface area contributed by atoms with Gasteiger partial charge in [0.1, 0.15) is 54.1 Å². The van der Waals surface area contributed by atoms with Crippen LogP contribution < -0.4 is 59.3 Å². The van der Waals surface area contributed by atoms with Crippen molar-refractivity contribution in [3.8, 4) is 5.75 Å². The van der Waals surface area contributed by atoms with Crippen LogP contribution in [0.4, 0.5) is 0 Å². The Morgan fingerprint density at radius 1 is 0.579 bits per heavy atom. The number of carbonyl (C=O) groups is 11. The number of phenols is 1. The third-order valence-electron chi connectivity index (χ3n) is 12.0. The molecule has 25 nitrogen and oxygen atoms in total. The monoisotopic (exact) mass is 1070 g/mol. The molecule has 0 radical (unpaired) electrons. The molecule has 2 aromatic carbocycles. The summed E-state index contributed by atoms with van der Waals surface area (Å²) in [6.07, 6.45) is 0.518. The maximum absolute atomic E-state index is 14.0. The minimum absolute atomic E-state index is 0.000155. The van der Waals surface area contributed by atoms with Crippen molar-refractivity contribution in [2.24, 2.45) is 23.3 Å². The predicted molar refractivity (Wildman–Crippen MR) is 277 cm³/mol. The molecule has 0 bridgehead atoms. The van der Waals surface area contributed by atoms with E-state index in [0.717, 1.165) is 0 Å². The van der Waals surface area contributed by atoms with Gasteiger partial charge in [-0.1, -0.05) is 76.6 Å². The van der Waals surface area contributed by atoms with Gasteiger partial charge in [0.15, 0.2) is 0 Å². The highest BCUT2D eigenvalue weighted by Crippen LogP contribution is 2.15. The van der Waals surface area contributed by atoms with E-state index in [1.807, 2.05) is 13.8 Å². The lowest BCUT2D eigenvalue weighted by Crippen LogP contribution is -2.60. The lowest BCUT2D eigenvalue weighted by atomic mass is 9.96. The maximum Gasteiger partial charge on any atom is 0.326 e. The maximum atomic E-state index is 14.0. The number of rotatable bonds is 34. The lowest BCUT2D eigenvalue weighted by molar-refractivity contribution is -0.142. The second kappa shape index (κ2) is 33.3. The number of aliphatic carboxylic acids is 1. The van der Waals surface area contributed by atoms with Crippen molar-refractivity contribution in [2.75, 3.05) is 19.7 Å². The number of carboxylic acids is 1. The molecule has 0 heterocycles. The Kier molecular flexibility index (Phi) is 28.2. The summed E-state index contributed by atoms with van der Waals surface area (Å²) in [5.74, 6) is -10.2. The van der Waals surface area contributed by atoms with Crippen molar-refractivity contribution in [3.63, 3.8) is 0 Å². The van der Waals surface area contributed by atoms with Crippen molar-refractivity contribution in [1.29, 1.82) is 0 Å². The fraction of sp³-hybridized carbons (Fsp3) is 0.549. The fourth-order valence-electron chi connectivity index (χ4n) is 7.56. The van der Waals surface area contributed by atoms with Crippen molar-refractivity contribution in [1.82, 2.24) is 47.9 Å². The highest BCUT2D eigenvalue weighted by molar-refractivity contribution is 5.98. The van der Waals surface area contributed by atoms with E-state index in [1.54, 1.807) is 44.2 Å². The number of unbranched alkanes of at least 4 members (excludes halogenated alkanes) is 1. The molecule has 2 aromatic rings. The van der Waals surface area contributed by atoms with Crippen LogP contribution in [0.25, 0.3) is 0 Å². The van der Waals surface area contributed by atoms with Crippen LogP contribution in [-0.4, -0.2) is 148 Å². The Morgan fingerprint density at radius 2 is 1.12 bits per heavy atom. The number of nitrogens with one attached hydrogen (secondary N) is 9. The molecule has 76 heavy (non-hydrogen) atoms. The number of hydrogen-bond acceptors (Lipinski definition) is 14. The number of aliphatic hydroxyl groups excluding tert-OH is 1. The van der Waals surface area contributed by atoms with Gasteiger partial charge in [-0.2, -0.15) is 0 Å². The third kappa shape index (κ3) is 23.7. The smallest absolute Gasteiger partial charge is 0.326 e. The number of nitrogens with two attached hydrogens (primary N) is 2. The van der Waals surface area contributed by atoms with Crippen molar-refractivity contribution in [3.05, 3.63) is 65.7 Å². The van der Waals surface area contributed by atoms with Crippen LogP contribution in [0.1, 0.15) is 97.6 Å². The number of aromatic hydroxyl groups is 1. The van der Waals surface area contributed by atoms with E-state index in [0.29, 0.717) is 36.9 Å². The zero-order valence-electron chi connectivity index (χ0n) is 43.9. The summed E-state index contributed by atoms with van der Waals surface area (Å²) in [6, 6.07) is 3.27. The Hall–Kier alpha value is -7.67. The van der Waals surface area contributed by atoms with Gasteiger partial charge < -0.3 is 74.6 Å². The van der Waals surface area contributed by atoms with E-state index in [4.69, 9.17) is 11.5 Å². The summed E-state index contributed by atoms with van der Waals surface area (Å²) >= 11 is 0. The number of primary amides is 1. The Morgan fingerprint density at radius 3 is 1.67 bits per heavy atom. The highest BCUT2D eigenvalue weighted by atomic mass is 16.4. The summed E-state index contributed by atoms with van der Waals surface area (Å²) in [4.78, 5) is 144. The first-order chi connectivity index (χ1) is 35.9. The number of aliphatic hydroxyl groups is 1. The third-order valence-corrected chi connectivity index (χ3v) is 12.0. The van der Waals surface area contributed by atoms with Crippen LogP contribution >= 0.6 is 0 Å². The first-order valence-electron chi connectivity index (χ1n) is 25.2. The summed E-state index contributed by atoms with van der Waals surface area (Å²) in [7, 11) is 0. The molecule has 0 aliphatic carbocycles. The number of benzene rings is 2. The van der Waals surface area contributed by atoms with Gasteiger partial charge >= 0.3 is 5.97 Å². The average molecular weight is 1070 g/mol. The Bertz CT molecular complexity index is 2290. The van der Waals surface area contributed by atoms with Gasteiger partial charge in [0.2, 0.25) is 59.1 Å². The topological polar surface area (TPSA) is 409 Å². The van der Waals surface area contributed by atoms with E-state index in [-0.39, 0.29) is 43.8 Å². The molecule has 0 aliphatic heterocycles. The van der Waals surface area contributed by atoms with Gasteiger partial charge in [0.05, 0.1) is 13.2 Å². The molecule has 9 atom stereocenters. The van der Waals surface area contributed by atoms with E-state index >= 15 is 0 Å². The second-order valence-corrected chi connectivity index (χ2v) is 18.9. The number of phenolic OH excluding ortho intramolecular Hbond substituents is 1. The molecule has 10 amide bonds. The quantitative estimate of drug-likeness (QED) is 0.0330. The normalized spacial score (nSPS) is 14.5. The van der Waals surface area contributed by atoms with Crippen molar-refractivity contribution >= 4 is 65.0 Å². The van der Waals surface area contributed by atoms with Crippen molar-refractivity contribution < 1.29 is 68.1 Å². The van der Waals surface area contributed by atoms with Crippen LogP contribution in [0, 0.1) is 11.8 Å². The number of carbonyl (C=O) groups excluding carboxylic acids is 10. The second-order valence-electron chi connectivity index (χ2n) is 18.9. The molecule has 16 N–H and O–H groups in total. The molecule has 25 heteroatoms. The molecule has 0 unspecified atom stereocenters. The van der Waals surface area contributed by atoms with Crippen LogP contribution in [0.2, 0.25) is 0 Å². The molecule has 0 spiro atoms. The number of carboxylic acid groups (broad SMARTS) is 1. The van der Waals surface area contributed by atoms with Crippen LogP contribution in [0.15, 0.2) is 54.6 Å². The molecule has 420 valence electrons. The van der Waals surface area contributed by atoms with Crippen LogP contribution in [0.5, 0.6) is 5.75 Å². The van der Waals surface area contributed by atoms with E-state index in [9.17, 15) is 68.1 Å². The van der Waals surface area contributed by atoms with Gasteiger partial charge in [-0.25, -0.2) is 4.79 Å². The van der Waals surface area contributed by atoms with E-state index in [2.05, 4.69) is 47.9 Å². The summed E-state index contributed by atoms with van der Waals surface area (Å²) < 4.78 is 0. The molecular formula is C51H77N11O14. The molecule has 0 saturated carbocycles. The Labute approximate surface area is 442 Å². The molecule has 0 aliphatic rings. The standard InChI is InChI=1S/C51H77N11O14/c1-7-29(4)43(62-48(72)37(23-28(2)3)56-31(6)64)50(74)60-39(25-33-16-18-34(65)19-17-33)46(70)55-30(5)44(68)58-35(20-21-41(53)66)45(69)54-26-42(67)57-38(24-32-13-9-8-10-14-32)47(71)61-40(27-63)49(73)59-36(51(75)76)15-11-12-22-52/h8-10,13-14,16-19,28-30,35-40,43,63,65H,7,11-12,15,20-27,52H2,1-6H3,(H2,53,66)(H,54,69)(H,55,70)(H,56,64)(H,57,67)(H,58,68)(H,59,73)(H,60,74)(H,61,71)(H,62,72)(H,75,76)/t29-,30-,35-,36-,37-,38-,39-,40-,43-/m0/s1. The first kappa shape index (κ1) is 64.4. The molecule has 0 saturated heterocycles. The van der Waals surface area contributed by atoms with Crippen LogP contribution in [-0.2, 0) is 65.6 Å². The van der Waals surface area contributed by atoms with Crippen molar-refractivity contribution in [2.45, 2.75) is 148 Å². The fourth-order valence-corrected chi connectivity index (χ4v) is 7.56. The minimum atomic E-state index is -1.63. The average Bonchev–Trinajstić information content (AvgIpc) is 3.36. The van der Waals surface area contributed by atoms with Gasteiger partial charge in [0, 0.05) is 26.2 Å².